The summed E-state index contributed by atoms with van der Waals surface area (Å²) in [5, 5.41) is 3.50. The molecule has 92 valence electrons. The highest BCUT2D eigenvalue weighted by molar-refractivity contribution is 6.31. The van der Waals surface area contributed by atoms with Gasteiger partial charge in [0.15, 0.2) is 0 Å². The summed E-state index contributed by atoms with van der Waals surface area (Å²) in [5.74, 6) is 0.0192. The van der Waals surface area contributed by atoms with E-state index in [4.69, 9.17) is 22.1 Å². The molecule has 1 aliphatic rings. The van der Waals surface area contributed by atoms with E-state index < -0.39 is 0 Å². The van der Waals surface area contributed by atoms with Crippen LogP contribution in [0.15, 0.2) is 12.1 Å². The Bertz CT molecular complexity index is 448. The molecular weight excluding hydrogens is 240 g/mol. The lowest BCUT2D eigenvalue weighted by molar-refractivity contribution is -0.116. The van der Waals surface area contributed by atoms with Gasteiger partial charge in [-0.15, -0.1) is 0 Å². The minimum atomic E-state index is -0.286. The third-order valence-corrected chi connectivity index (χ3v) is 3.07. The number of fused-ring (bicyclic) bond motifs is 1. The van der Waals surface area contributed by atoms with Crippen molar-refractivity contribution in [2.45, 2.75) is 18.9 Å². The van der Waals surface area contributed by atoms with E-state index in [1.807, 2.05) is 6.07 Å². The summed E-state index contributed by atoms with van der Waals surface area (Å²) in [5.41, 5.74) is 8.69. The zero-order valence-electron chi connectivity index (χ0n) is 9.63. The molecule has 1 aliphatic heterocycles. The number of hydrogen-bond acceptors (Lipinski definition) is 3. The maximum absolute atomic E-state index is 11.4. The number of anilines is 1. The van der Waals surface area contributed by atoms with E-state index in [9.17, 15) is 4.79 Å². The van der Waals surface area contributed by atoms with E-state index in [1.165, 1.54) is 0 Å². The second kappa shape index (κ2) is 5.04. The number of nitrogens with two attached hydrogens (primary N) is 1. The summed E-state index contributed by atoms with van der Waals surface area (Å²) < 4.78 is 5.03. The van der Waals surface area contributed by atoms with Crippen molar-refractivity contribution in [2.24, 2.45) is 5.73 Å². The van der Waals surface area contributed by atoms with E-state index >= 15 is 0 Å². The monoisotopic (exact) mass is 254 g/mol. The van der Waals surface area contributed by atoms with E-state index in [2.05, 4.69) is 5.32 Å². The Labute approximate surface area is 105 Å². The third-order valence-electron chi connectivity index (χ3n) is 2.85. The first-order chi connectivity index (χ1) is 8.11. The highest BCUT2D eigenvalue weighted by Gasteiger charge is 2.21. The SMILES string of the molecule is COCC(N)c1cc(Cl)cc2c1NC(=O)CC2. The molecule has 5 heteroatoms. The predicted octanol–water partition coefficient (Wildman–Crippen LogP) is 1.87. The van der Waals surface area contributed by atoms with Gasteiger partial charge >= 0.3 is 0 Å². The Kier molecular flexibility index (Phi) is 3.66. The van der Waals surface area contributed by atoms with E-state index in [0.29, 0.717) is 24.5 Å². The van der Waals surface area contributed by atoms with Gasteiger partial charge in [-0.3, -0.25) is 4.79 Å². The quantitative estimate of drug-likeness (QED) is 0.866. The second-order valence-electron chi connectivity index (χ2n) is 4.14. The smallest absolute Gasteiger partial charge is 0.224 e. The fourth-order valence-corrected chi connectivity index (χ4v) is 2.30. The van der Waals surface area contributed by atoms with Crippen molar-refractivity contribution in [3.8, 4) is 0 Å². The molecule has 1 aromatic rings. The molecule has 0 saturated carbocycles. The van der Waals surface area contributed by atoms with Crippen LogP contribution in [0.5, 0.6) is 0 Å². The van der Waals surface area contributed by atoms with Gasteiger partial charge in [-0.1, -0.05) is 11.6 Å². The molecule has 1 aromatic carbocycles. The molecule has 17 heavy (non-hydrogen) atoms. The summed E-state index contributed by atoms with van der Waals surface area (Å²) in [7, 11) is 1.59. The molecule has 2 rings (SSSR count). The Hall–Kier alpha value is -1.10. The number of amides is 1. The number of rotatable bonds is 3. The molecule has 0 fully saturated rings. The number of methoxy groups -OCH3 is 1. The van der Waals surface area contributed by atoms with Crippen LogP contribution in [0, 0.1) is 0 Å². The minimum Gasteiger partial charge on any atom is -0.383 e. The molecule has 1 heterocycles. The molecule has 1 amide bonds. The van der Waals surface area contributed by atoms with Crippen molar-refractivity contribution >= 4 is 23.2 Å². The van der Waals surface area contributed by atoms with Gasteiger partial charge in [0.25, 0.3) is 0 Å². The summed E-state index contributed by atoms with van der Waals surface area (Å²) >= 11 is 6.05. The van der Waals surface area contributed by atoms with Crippen molar-refractivity contribution in [3.05, 3.63) is 28.3 Å². The van der Waals surface area contributed by atoms with Gasteiger partial charge in [0, 0.05) is 24.2 Å². The first-order valence-corrected chi connectivity index (χ1v) is 5.86. The normalized spacial score (nSPS) is 16.3. The molecule has 0 aromatic heterocycles. The second-order valence-corrected chi connectivity index (χ2v) is 4.58. The summed E-state index contributed by atoms with van der Waals surface area (Å²) in [6, 6.07) is 3.38. The van der Waals surface area contributed by atoms with Gasteiger partial charge in [-0.05, 0) is 29.7 Å². The molecule has 1 atom stereocenters. The molecule has 0 aliphatic carbocycles. The summed E-state index contributed by atoms with van der Waals surface area (Å²) in [6.45, 7) is 0.392. The Morgan fingerprint density at radius 2 is 2.29 bits per heavy atom. The van der Waals surface area contributed by atoms with Crippen LogP contribution >= 0.6 is 11.6 Å². The number of ether oxygens (including phenoxy) is 1. The number of carbonyl (C=O) groups is 1. The fraction of sp³-hybridized carbons (Fsp3) is 0.417. The summed E-state index contributed by atoms with van der Waals surface area (Å²) in [6.07, 6.45) is 1.20. The minimum absolute atomic E-state index is 0.0192. The van der Waals surface area contributed by atoms with Crippen molar-refractivity contribution in [2.75, 3.05) is 19.0 Å². The standard InChI is InChI=1S/C12H15ClN2O2/c1-17-6-10(14)9-5-8(13)4-7-2-3-11(16)15-12(7)9/h4-5,10H,2-3,6,14H2,1H3,(H,15,16). The van der Waals surface area contributed by atoms with Crippen LogP contribution < -0.4 is 11.1 Å². The highest BCUT2D eigenvalue weighted by atomic mass is 35.5. The molecular formula is C12H15ClN2O2. The molecule has 1 unspecified atom stereocenters. The van der Waals surface area contributed by atoms with Crippen LogP contribution in [-0.4, -0.2) is 19.6 Å². The Morgan fingerprint density at radius 3 is 3.00 bits per heavy atom. The first-order valence-electron chi connectivity index (χ1n) is 5.48. The van der Waals surface area contributed by atoms with Gasteiger partial charge in [0.2, 0.25) is 5.91 Å². The average Bonchev–Trinajstić information content (AvgIpc) is 2.29. The van der Waals surface area contributed by atoms with E-state index in [-0.39, 0.29) is 11.9 Å². The lowest BCUT2D eigenvalue weighted by atomic mass is 9.96. The van der Waals surface area contributed by atoms with E-state index in [0.717, 1.165) is 16.8 Å². The number of halogens is 1. The molecule has 0 spiro atoms. The van der Waals surface area contributed by atoms with Crippen LogP contribution in [0.4, 0.5) is 5.69 Å². The van der Waals surface area contributed by atoms with Crippen molar-refractivity contribution < 1.29 is 9.53 Å². The van der Waals surface area contributed by atoms with Gasteiger partial charge in [-0.25, -0.2) is 0 Å². The van der Waals surface area contributed by atoms with Crippen LogP contribution in [0.25, 0.3) is 0 Å². The van der Waals surface area contributed by atoms with Crippen LogP contribution in [-0.2, 0) is 16.0 Å². The maximum atomic E-state index is 11.4. The number of carbonyl (C=O) groups excluding carboxylic acids is 1. The highest BCUT2D eigenvalue weighted by Crippen LogP contribution is 2.33. The number of aryl methyl sites for hydroxylation is 1. The first kappa shape index (κ1) is 12.4. The third kappa shape index (κ3) is 2.60. The number of nitrogens with one attached hydrogen (secondary N) is 1. The Balaban J connectivity index is 2.43. The lowest BCUT2D eigenvalue weighted by Gasteiger charge is -2.23. The van der Waals surface area contributed by atoms with Gasteiger partial charge < -0.3 is 15.8 Å². The van der Waals surface area contributed by atoms with Gasteiger partial charge in [-0.2, -0.15) is 0 Å². The molecule has 3 N–H and O–H groups in total. The molecule has 4 nitrogen and oxygen atoms in total. The van der Waals surface area contributed by atoms with Crippen LogP contribution in [0.3, 0.4) is 0 Å². The zero-order chi connectivity index (χ0) is 12.4. The summed E-state index contributed by atoms with van der Waals surface area (Å²) in [4.78, 5) is 11.4. The lowest BCUT2D eigenvalue weighted by Crippen LogP contribution is -2.24. The van der Waals surface area contributed by atoms with Gasteiger partial charge in [0.1, 0.15) is 0 Å². The zero-order valence-corrected chi connectivity index (χ0v) is 10.4. The largest absolute Gasteiger partial charge is 0.383 e. The van der Waals surface area contributed by atoms with E-state index in [1.54, 1.807) is 13.2 Å². The average molecular weight is 255 g/mol. The van der Waals surface area contributed by atoms with Gasteiger partial charge in [0.05, 0.1) is 12.6 Å². The molecule has 0 bridgehead atoms. The molecule has 0 saturated heterocycles. The van der Waals surface area contributed by atoms with Crippen LogP contribution in [0.2, 0.25) is 5.02 Å². The van der Waals surface area contributed by atoms with Crippen molar-refractivity contribution in [1.82, 2.24) is 0 Å². The Morgan fingerprint density at radius 1 is 1.53 bits per heavy atom. The van der Waals surface area contributed by atoms with Crippen LogP contribution in [0.1, 0.15) is 23.6 Å². The molecule has 0 radical (unpaired) electrons. The maximum Gasteiger partial charge on any atom is 0.224 e. The number of benzene rings is 1. The topological polar surface area (TPSA) is 64.3 Å². The van der Waals surface area contributed by atoms with Crippen molar-refractivity contribution in [1.29, 1.82) is 0 Å². The predicted molar refractivity (Wildman–Crippen MR) is 67.2 cm³/mol. The number of hydrogen-bond donors (Lipinski definition) is 2. The van der Waals surface area contributed by atoms with Crippen molar-refractivity contribution in [3.63, 3.8) is 0 Å². The fourth-order valence-electron chi connectivity index (χ4n) is 2.05.